The van der Waals surface area contributed by atoms with Crippen LogP contribution in [0.25, 0.3) is 0 Å². The van der Waals surface area contributed by atoms with Gasteiger partial charge in [-0.15, -0.1) is 0 Å². The molecule has 112 valence electrons. The summed E-state index contributed by atoms with van der Waals surface area (Å²) in [5.74, 6) is -0.195. The third-order valence-electron chi connectivity index (χ3n) is 3.18. The molecule has 21 heavy (non-hydrogen) atoms. The standard InChI is InChI=1S/C16H17BrFIN2/c1-2-7-20-16(9-13-5-3-11(17)10-21-13)14-6-4-12(18)8-15(14)19/h3-6,8,10,16,20H,2,7,9H2,1H3. The molecule has 0 saturated heterocycles. The van der Waals surface area contributed by atoms with Gasteiger partial charge in [0.1, 0.15) is 5.82 Å². The van der Waals surface area contributed by atoms with Gasteiger partial charge in [-0.2, -0.15) is 0 Å². The van der Waals surface area contributed by atoms with Gasteiger partial charge in [-0.25, -0.2) is 4.39 Å². The molecule has 0 aliphatic heterocycles. The lowest BCUT2D eigenvalue weighted by Crippen LogP contribution is -2.25. The van der Waals surface area contributed by atoms with Crippen LogP contribution in [0.5, 0.6) is 0 Å². The molecule has 1 aromatic heterocycles. The first-order chi connectivity index (χ1) is 10.1. The molecule has 2 rings (SSSR count). The molecule has 2 nitrogen and oxygen atoms in total. The number of hydrogen-bond acceptors (Lipinski definition) is 2. The molecular weight excluding hydrogens is 446 g/mol. The van der Waals surface area contributed by atoms with Crippen LogP contribution in [0.3, 0.4) is 0 Å². The van der Waals surface area contributed by atoms with Gasteiger partial charge < -0.3 is 5.32 Å². The highest BCUT2D eigenvalue weighted by Crippen LogP contribution is 2.24. The first-order valence-electron chi connectivity index (χ1n) is 6.89. The van der Waals surface area contributed by atoms with Crippen molar-refractivity contribution in [3.05, 3.63) is 61.6 Å². The Bertz CT molecular complexity index is 589. The zero-order valence-electron chi connectivity index (χ0n) is 11.7. The summed E-state index contributed by atoms with van der Waals surface area (Å²) < 4.78 is 15.2. The molecule has 1 N–H and O–H groups in total. The summed E-state index contributed by atoms with van der Waals surface area (Å²) in [5, 5.41) is 3.53. The van der Waals surface area contributed by atoms with Crippen molar-refractivity contribution in [3.63, 3.8) is 0 Å². The zero-order chi connectivity index (χ0) is 15.2. The van der Waals surface area contributed by atoms with Crippen molar-refractivity contribution < 1.29 is 4.39 Å². The van der Waals surface area contributed by atoms with Crippen molar-refractivity contribution in [2.75, 3.05) is 6.54 Å². The van der Waals surface area contributed by atoms with Crippen molar-refractivity contribution in [1.82, 2.24) is 10.3 Å². The summed E-state index contributed by atoms with van der Waals surface area (Å²) in [6, 6.07) is 9.11. The SMILES string of the molecule is CCCNC(Cc1ccc(Br)cn1)c1ccc(F)cc1I. The molecule has 0 amide bonds. The molecule has 1 atom stereocenters. The first kappa shape index (κ1) is 16.8. The fourth-order valence-electron chi connectivity index (χ4n) is 2.13. The van der Waals surface area contributed by atoms with Crippen LogP contribution >= 0.6 is 38.5 Å². The molecule has 5 heteroatoms. The Labute approximate surface area is 146 Å². The minimum absolute atomic E-state index is 0.145. The monoisotopic (exact) mass is 462 g/mol. The first-order valence-corrected chi connectivity index (χ1v) is 8.76. The lowest BCUT2D eigenvalue weighted by molar-refractivity contribution is 0.520. The van der Waals surface area contributed by atoms with E-state index < -0.39 is 0 Å². The average molecular weight is 463 g/mol. The van der Waals surface area contributed by atoms with Crippen molar-refractivity contribution in [3.8, 4) is 0 Å². The Morgan fingerprint density at radius 2 is 2.14 bits per heavy atom. The molecule has 0 spiro atoms. The Kier molecular flexibility index (Phi) is 6.57. The quantitative estimate of drug-likeness (QED) is 0.619. The second-order valence-electron chi connectivity index (χ2n) is 4.84. The van der Waals surface area contributed by atoms with Gasteiger partial charge in [0.05, 0.1) is 0 Å². The summed E-state index contributed by atoms with van der Waals surface area (Å²) in [6.45, 7) is 3.06. The number of hydrogen-bond donors (Lipinski definition) is 1. The summed E-state index contributed by atoms with van der Waals surface area (Å²) in [7, 11) is 0. The molecular formula is C16H17BrFIN2. The number of nitrogens with zero attached hydrogens (tertiary/aromatic N) is 1. The Hall–Kier alpha value is -0.530. The smallest absolute Gasteiger partial charge is 0.124 e. The van der Waals surface area contributed by atoms with Crippen LogP contribution in [-0.4, -0.2) is 11.5 Å². The molecule has 0 fully saturated rings. The van der Waals surface area contributed by atoms with Crippen LogP contribution < -0.4 is 5.32 Å². The van der Waals surface area contributed by atoms with Gasteiger partial charge in [0.25, 0.3) is 0 Å². The molecule has 2 aromatic rings. The number of halogens is 3. The van der Waals surface area contributed by atoms with E-state index in [4.69, 9.17) is 0 Å². The lowest BCUT2D eigenvalue weighted by atomic mass is 10.0. The molecule has 1 heterocycles. The number of rotatable bonds is 6. The van der Waals surface area contributed by atoms with Crippen LogP contribution in [0.2, 0.25) is 0 Å². The van der Waals surface area contributed by atoms with Crippen molar-refractivity contribution in [2.45, 2.75) is 25.8 Å². The molecule has 0 bridgehead atoms. The van der Waals surface area contributed by atoms with E-state index >= 15 is 0 Å². The number of aromatic nitrogens is 1. The fraction of sp³-hybridized carbons (Fsp3) is 0.312. The van der Waals surface area contributed by atoms with Crippen LogP contribution in [0, 0.1) is 9.39 Å². The van der Waals surface area contributed by atoms with Crippen LogP contribution in [0.1, 0.15) is 30.6 Å². The highest BCUT2D eigenvalue weighted by atomic mass is 127. The van der Waals surface area contributed by atoms with Gasteiger partial charge in [0.2, 0.25) is 0 Å². The van der Waals surface area contributed by atoms with Crippen molar-refractivity contribution >= 4 is 38.5 Å². The van der Waals surface area contributed by atoms with Gasteiger partial charge in [0, 0.05) is 32.4 Å². The molecule has 0 saturated carbocycles. The van der Waals surface area contributed by atoms with E-state index in [0.717, 1.165) is 38.7 Å². The maximum Gasteiger partial charge on any atom is 0.124 e. The predicted octanol–water partition coefficient (Wildman–Crippen LogP) is 4.87. The maximum atomic E-state index is 13.3. The lowest BCUT2D eigenvalue weighted by Gasteiger charge is -2.20. The van der Waals surface area contributed by atoms with E-state index in [1.54, 1.807) is 6.07 Å². The van der Waals surface area contributed by atoms with Crippen LogP contribution in [0.15, 0.2) is 41.0 Å². The van der Waals surface area contributed by atoms with E-state index in [-0.39, 0.29) is 11.9 Å². The minimum Gasteiger partial charge on any atom is -0.310 e. The molecule has 1 unspecified atom stereocenters. The number of benzene rings is 1. The van der Waals surface area contributed by atoms with E-state index in [9.17, 15) is 4.39 Å². The van der Waals surface area contributed by atoms with E-state index in [1.165, 1.54) is 6.07 Å². The molecule has 0 aliphatic carbocycles. The fourth-order valence-corrected chi connectivity index (χ4v) is 3.22. The van der Waals surface area contributed by atoms with Gasteiger partial charge in [-0.1, -0.05) is 13.0 Å². The minimum atomic E-state index is -0.195. The number of nitrogens with one attached hydrogen (secondary N) is 1. The van der Waals surface area contributed by atoms with Gasteiger partial charge in [-0.05, 0) is 81.3 Å². The topological polar surface area (TPSA) is 24.9 Å². The van der Waals surface area contributed by atoms with Gasteiger partial charge in [0.15, 0.2) is 0 Å². The van der Waals surface area contributed by atoms with Gasteiger partial charge in [-0.3, -0.25) is 4.98 Å². The van der Waals surface area contributed by atoms with Gasteiger partial charge >= 0.3 is 0 Å². The van der Waals surface area contributed by atoms with Crippen LogP contribution in [0.4, 0.5) is 4.39 Å². The molecule has 0 radical (unpaired) electrons. The second kappa shape index (κ2) is 8.19. The zero-order valence-corrected chi connectivity index (χ0v) is 15.5. The molecule has 0 aliphatic rings. The Balaban J connectivity index is 2.22. The van der Waals surface area contributed by atoms with E-state index in [1.807, 2.05) is 24.4 Å². The Morgan fingerprint density at radius 1 is 1.33 bits per heavy atom. The largest absolute Gasteiger partial charge is 0.310 e. The highest BCUT2D eigenvalue weighted by molar-refractivity contribution is 14.1. The van der Waals surface area contributed by atoms with E-state index in [0.29, 0.717) is 0 Å². The van der Waals surface area contributed by atoms with Crippen LogP contribution in [-0.2, 0) is 6.42 Å². The summed E-state index contributed by atoms with van der Waals surface area (Å²) in [5.41, 5.74) is 2.14. The third kappa shape index (κ3) is 5.00. The van der Waals surface area contributed by atoms with E-state index in [2.05, 4.69) is 55.7 Å². The maximum absolute atomic E-state index is 13.3. The highest BCUT2D eigenvalue weighted by Gasteiger charge is 2.15. The third-order valence-corrected chi connectivity index (χ3v) is 4.58. The summed E-state index contributed by atoms with van der Waals surface area (Å²) >= 11 is 5.59. The average Bonchev–Trinajstić information content (AvgIpc) is 2.46. The Morgan fingerprint density at radius 3 is 2.76 bits per heavy atom. The predicted molar refractivity (Wildman–Crippen MR) is 95.8 cm³/mol. The normalized spacial score (nSPS) is 12.4. The second-order valence-corrected chi connectivity index (χ2v) is 6.92. The van der Waals surface area contributed by atoms with Crippen molar-refractivity contribution in [2.24, 2.45) is 0 Å². The number of pyridine rings is 1. The molecule has 1 aromatic carbocycles. The van der Waals surface area contributed by atoms with Crippen molar-refractivity contribution in [1.29, 1.82) is 0 Å². The summed E-state index contributed by atoms with van der Waals surface area (Å²) in [4.78, 5) is 4.44. The summed E-state index contributed by atoms with van der Waals surface area (Å²) in [6.07, 6.45) is 3.65.